The number of urea groups is 1. The van der Waals surface area contributed by atoms with Gasteiger partial charge in [-0.15, -0.1) is 0 Å². The highest BCUT2D eigenvalue weighted by molar-refractivity contribution is 5.95. The average molecular weight is 386 g/mol. The van der Waals surface area contributed by atoms with Gasteiger partial charge in [-0.25, -0.2) is 9.59 Å². The molecule has 2 aliphatic rings. The maximum absolute atomic E-state index is 12.8. The lowest BCUT2D eigenvalue weighted by Crippen LogP contribution is -2.50. The van der Waals surface area contributed by atoms with Gasteiger partial charge >= 0.3 is 12.0 Å². The molecule has 0 unspecified atom stereocenters. The van der Waals surface area contributed by atoms with Crippen LogP contribution < -0.4 is 10.6 Å². The van der Waals surface area contributed by atoms with Crippen LogP contribution in [0.15, 0.2) is 35.5 Å². The zero-order chi connectivity index (χ0) is 20.3. The first-order chi connectivity index (χ1) is 13.4. The van der Waals surface area contributed by atoms with Crippen molar-refractivity contribution < 1.29 is 14.3 Å². The summed E-state index contributed by atoms with van der Waals surface area (Å²) in [5.41, 5.74) is 3.15. The van der Waals surface area contributed by atoms with Crippen molar-refractivity contribution in [2.75, 3.05) is 26.2 Å². The number of nitrogens with zero attached hydrogens (tertiary/aromatic N) is 1. The number of likely N-dealkylation sites (tertiary alicyclic amines) is 1. The van der Waals surface area contributed by atoms with Gasteiger partial charge in [-0.2, -0.15) is 0 Å². The summed E-state index contributed by atoms with van der Waals surface area (Å²) >= 11 is 0. The predicted octanol–water partition coefficient (Wildman–Crippen LogP) is 3.14. The standard InChI is InChI=1S/C22H31N3O3/c1-5-28-21(26)19-18(13-25-11-15(3)10-16(4)12-25)23-22(27)24-20(19)17-8-6-14(2)7-9-17/h6-9,15-16,20H,5,10-13H2,1-4H3,(H2,23,24,27)/t15-,16-,20-/m1/s1. The third-order valence-electron chi connectivity index (χ3n) is 5.39. The van der Waals surface area contributed by atoms with Crippen LogP contribution in [0.25, 0.3) is 0 Å². The van der Waals surface area contributed by atoms with Gasteiger partial charge in [-0.3, -0.25) is 4.90 Å². The molecule has 0 radical (unpaired) electrons. The van der Waals surface area contributed by atoms with E-state index in [0.717, 1.165) is 24.2 Å². The van der Waals surface area contributed by atoms with E-state index in [0.29, 0.717) is 36.3 Å². The predicted molar refractivity (Wildman–Crippen MR) is 109 cm³/mol. The number of piperidine rings is 1. The zero-order valence-corrected chi connectivity index (χ0v) is 17.2. The summed E-state index contributed by atoms with van der Waals surface area (Å²) in [5, 5.41) is 5.78. The van der Waals surface area contributed by atoms with Crippen molar-refractivity contribution in [2.24, 2.45) is 11.8 Å². The molecule has 0 bridgehead atoms. The van der Waals surface area contributed by atoms with Crippen LogP contribution in [0.5, 0.6) is 0 Å². The summed E-state index contributed by atoms with van der Waals surface area (Å²) < 4.78 is 5.35. The number of aryl methyl sites for hydroxylation is 1. The van der Waals surface area contributed by atoms with Gasteiger partial charge in [0.15, 0.2) is 0 Å². The molecule has 1 saturated heterocycles. The molecule has 152 valence electrons. The maximum atomic E-state index is 12.8. The Bertz CT molecular complexity index is 747. The summed E-state index contributed by atoms with van der Waals surface area (Å²) in [5.74, 6) is 0.815. The molecule has 0 aromatic heterocycles. The molecular weight excluding hydrogens is 354 g/mol. The minimum absolute atomic E-state index is 0.285. The summed E-state index contributed by atoms with van der Waals surface area (Å²) in [6.07, 6.45) is 1.21. The zero-order valence-electron chi connectivity index (χ0n) is 17.2. The Balaban J connectivity index is 1.96. The minimum atomic E-state index is -0.511. The second-order valence-corrected chi connectivity index (χ2v) is 8.19. The number of ether oxygens (including phenoxy) is 1. The topological polar surface area (TPSA) is 70.7 Å². The number of benzene rings is 1. The Labute approximate surface area is 167 Å². The second kappa shape index (κ2) is 8.78. The molecule has 2 amide bonds. The lowest BCUT2D eigenvalue weighted by molar-refractivity contribution is -0.139. The molecule has 6 nitrogen and oxygen atoms in total. The van der Waals surface area contributed by atoms with Crippen LogP contribution in [0.1, 0.15) is 44.4 Å². The largest absolute Gasteiger partial charge is 0.463 e. The number of carbonyl (C=O) groups excluding carboxylic acids is 2. The monoisotopic (exact) mass is 385 g/mol. The normalized spacial score (nSPS) is 25.9. The number of esters is 1. The number of amides is 2. The molecule has 28 heavy (non-hydrogen) atoms. The van der Waals surface area contributed by atoms with Gasteiger partial charge in [-0.1, -0.05) is 43.7 Å². The van der Waals surface area contributed by atoms with Gasteiger partial charge in [-0.05, 0) is 37.7 Å². The first-order valence-electron chi connectivity index (χ1n) is 10.1. The van der Waals surface area contributed by atoms with Crippen LogP contribution >= 0.6 is 0 Å². The van der Waals surface area contributed by atoms with E-state index in [1.165, 1.54) is 6.42 Å². The van der Waals surface area contributed by atoms with Gasteiger partial charge in [0, 0.05) is 25.3 Å². The number of hydrogen-bond acceptors (Lipinski definition) is 4. The van der Waals surface area contributed by atoms with Gasteiger partial charge in [0.05, 0.1) is 18.2 Å². The third-order valence-corrected chi connectivity index (χ3v) is 5.39. The minimum Gasteiger partial charge on any atom is -0.463 e. The van der Waals surface area contributed by atoms with Crippen molar-refractivity contribution in [1.29, 1.82) is 0 Å². The Kier molecular flexibility index (Phi) is 6.39. The van der Waals surface area contributed by atoms with E-state index in [2.05, 4.69) is 29.4 Å². The fraction of sp³-hybridized carbons (Fsp3) is 0.545. The Morgan fingerprint density at radius 1 is 1.18 bits per heavy atom. The van der Waals surface area contributed by atoms with E-state index in [4.69, 9.17) is 4.74 Å². The van der Waals surface area contributed by atoms with Crippen LogP contribution in [0, 0.1) is 18.8 Å². The molecular formula is C22H31N3O3. The molecule has 2 N–H and O–H groups in total. The van der Waals surface area contributed by atoms with E-state index in [1.54, 1.807) is 6.92 Å². The van der Waals surface area contributed by atoms with Crippen molar-refractivity contribution >= 4 is 12.0 Å². The molecule has 1 fully saturated rings. The number of nitrogens with one attached hydrogen (secondary N) is 2. The summed E-state index contributed by atoms with van der Waals surface area (Å²) in [7, 11) is 0. The van der Waals surface area contributed by atoms with Crippen molar-refractivity contribution in [2.45, 2.75) is 40.2 Å². The molecule has 0 saturated carbocycles. The van der Waals surface area contributed by atoms with Crippen LogP contribution in [-0.4, -0.2) is 43.1 Å². The SMILES string of the molecule is CCOC(=O)C1=C(CN2C[C@H](C)C[C@@H](C)C2)NC(=O)N[C@@H]1c1ccc(C)cc1. The summed E-state index contributed by atoms with van der Waals surface area (Å²) in [4.78, 5) is 27.6. The lowest BCUT2D eigenvalue weighted by atomic mass is 9.91. The molecule has 2 aliphatic heterocycles. The van der Waals surface area contributed by atoms with Crippen LogP contribution in [0.4, 0.5) is 4.79 Å². The van der Waals surface area contributed by atoms with E-state index < -0.39 is 6.04 Å². The lowest BCUT2D eigenvalue weighted by Gasteiger charge is -2.37. The molecule has 0 aliphatic carbocycles. The van der Waals surface area contributed by atoms with Crippen LogP contribution in [-0.2, 0) is 9.53 Å². The number of hydrogen-bond donors (Lipinski definition) is 2. The molecule has 3 rings (SSSR count). The summed E-state index contributed by atoms with van der Waals surface area (Å²) in [6.45, 7) is 11.1. The van der Waals surface area contributed by atoms with E-state index >= 15 is 0 Å². The van der Waals surface area contributed by atoms with Gasteiger partial charge in [0.1, 0.15) is 0 Å². The highest BCUT2D eigenvalue weighted by Crippen LogP contribution is 2.29. The van der Waals surface area contributed by atoms with Crippen molar-refractivity contribution in [3.63, 3.8) is 0 Å². The Morgan fingerprint density at radius 2 is 1.82 bits per heavy atom. The number of rotatable bonds is 5. The quantitative estimate of drug-likeness (QED) is 0.764. The van der Waals surface area contributed by atoms with E-state index in [9.17, 15) is 9.59 Å². The van der Waals surface area contributed by atoms with Gasteiger partial charge in [0.25, 0.3) is 0 Å². The van der Waals surface area contributed by atoms with Crippen molar-refractivity contribution in [3.8, 4) is 0 Å². The summed E-state index contributed by atoms with van der Waals surface area (Å²) in [6, 6.07) is 7.08. The smallest absolute Gasteiger partial charge is 0.338 e. The number of carbonyl (C=O) groups is 2. The van der Waals surface area contributed by atoms with Gasteiger partial charge < -0.3 is 15.4 Å². The van der Waals surface area contributed by atoms with Crippen LogP contribution in [0.2, 0.25) is 0 Å². The third kappa shape index (κ3) is 4.73. The van der Waals surface area contributed by atoms with Crippen LogP contribution in [0.3, 0.4) is 0 Å². The molecule has 6 heteroatoms. The maximum Gasteiger partial charge on any atom is 0.338 e. The highest BCUT2D eigenvalue weighted by Gasteiger charge is 2.35. The Hall–Kier alpha value is -2.34. The second-order valence-electron chi connectivity index (χ2n) is 8.19. The Morgan fingerprint density at radius 3 is 2.43 bits per heavy atom. The molecule has 3 atom stereocenters. The van der Waals surface area contributed by atoms with Crippen molar-refractivity contribution in [1.82, 2.24) is 15.5 Å². The van der Waals surface area contributed by atoms with Crippen molar-refractivity contribution in [3.05, 3.63) is 46.7 Å². The highest BCUT2D eigenvalue weighted by atomic mass is 16.5. The molecule has 1 aromatic rings. The fourth-order valence-corrected chi connectivity index (χ4v) is 4.35. The fourth-order valence-electron chi connectivity index (χ4n) is 4.35. The van der Waals surface area contributed by atoms with E-state index in [1.807, 2.05) is 31.2 Å². The van der Waals surface area contributed by atoms with E-state index in [-0.39, 0.29) is 12.0 Å². The molecule has 1 aromatic carbocycles. The van der Waals surface area contributed by atoms with Gasteiger partial charge in [0.2, 0.25) is 0 Å². The first kappa shape index (κ1) is 20.4. The average Bonchev–Trinajstić information content (AvgIpc) is 2.61. The molecule has 2 heterocycles. The first-order valence-corrected chi connectivity index (χ1v) is 10.1. The molecule has 0 spiro atoms.